The van der Waals surface area contributed by atoms with Crippen LogP contribution < -0.4 is 0 Å². The molecule has 0 aliphatic rings. The molecular formula is C31H26N2. The Bertz CT molecular complexity index is 1660. The summed E-state index contributed by atoms with van der Waals surface area (Å²) in [6.45, 7) is 8.82. The summed E-state index contributed by atoms with van der Waals surface area (Å²) < 4.78 is 2.36. The van der Waals surface area contributed by atoms with Gasteiger partial charge in [-0.1, -0.05) is 66.7 Å². The largest absolute Gasteiger partial charge is 0.292 e. The first kappa shape index (κ1) is 19.8. The fraction of sp³-hybridized carbons (Fsp3) is 0.129. The summed E-state index contributed by atoms with van der Waals surface area (Å²) in [6, 6.07) is 28.5. The third-order valence-corrected chi connectivity index (χ3v) is 6.97. The van der Waals surface area contributed by atoms with Gasteiger partial charge in [-0.25, -0.2) is 4.98 Å². The van der Waals surface area contributed by atoms with Crippen LogP contribution in [0, 0.1) is 27.7 Å². The van der Waals surface area contributed by atoms with Crippen LogP contribution in [0.4, 0.5) is 0 Å². The van der Waals surface area contributed by atoms with Crippen molar-refractivity contribution < 1.29 is 0 Å². The van der Waals surface area contributed by atoms with Crippen molar-refractivity contribution >= 4 is 27.3 Å². The zero-order valence-electron chi connectivity index (χ0n) is 19.5. The number of pyridine rings is 1. The van der Waals surface area contributed by atoms with Gasteiger partial charge in [-0.05, 0) is 78.6 Å². The van der Waals surface area contributed by atoms with Crippen molar-refractivity contribution in [3.63, 3.8) is 0 Å². The summed E-state index contributed by atoms with van der Waals surface area (Å²) >= 11 is 0. The third-order valence-electron chi connectivity index (χ3n) is 6.97. The maximum absolute atomic E-state index is 4.95. The first-order chi connectivity index (χ1) is 16.0. The van der Waals surface area contributed by atoms with Crippen LogP contribution >= 0.6 is 0 Å². The summed E-state index contributed by atoms with van der Waals surface area (Å²) in [4.78, 5) is 4.95. The minimum atomic E-state index is 1.02. The van der Waals surface area contributed by atoms with Crippen LogP contribution in [0.1, 0.15) is 22.3 Å². The summed E-state index contributed by atoms with van der Waals surface area (Å²) in [5.41, 5.74) is 12.3. The number of fused-ring (bicyclic) bond motifs is 6. The molecule has 4 aromatic carbocycles. The van der Waals surface area contributed by atoms with Gasteiger partial charge in [0.1, 0.15) is 5.65 Å². The molecule has 0 bridgehead atoms. The molecule has 0 saturated carbocycles. The SMILES string of the molecule is Cc1cc2c3ccccc3c3ncc(-c4c(C)cc(-c5ccccc5)cc4C)n3c2cc1C. The number of benzene rings is 4. The number of imidazole rings is 1. The Hall–Kier alpha value is -3.91. The van der Waals surface area contributed by atoms with E-state index in [1.807, 2.05) is 6.20 Å². The van der Waals surface area contributed by atoms with Crippen molar-refractivity contribution in [3.05, 3.63) is 107 Å². The van der Waals surface area contributed by atoms with Gasteiger partial charge < -0.3 is 0 Å². The Balaban J connectivity index is 1.71. The number of hydrogen-bond donors (Lipinski definition) is 0. The molecular weight excluding hydrogens is 400 g/mol. The first-order valence-corrected chi connectivity index (χ1v) is 11.5. The van der Waals surface area contributed by atoms with Crippen LogP contribution in [-0.4, -0.2) is 9.38 Å². The van der Waals surface area contributed by atoms with Gasteiger partial charge in [0.05, 0.1) is 17.4 Å². The molecule has 0 aliphatic heterocycles. The van der Waals surface area contributed by atoms with Crippen molar-refractivity contribution in [1.82, 2.24) is 9.38 Å². The molecule has 33 heavy (non-hydrogen) atoms. The molecule has 6 rings (SSSR count). The minimum Gasteiger partial charge on any atom is -0.292 e. The lowest BCUT2D eigenvalue weighted by molar-refractivity contribution is 1.24. The molecule has 160 valence electrons. The van der Waals surface area contributed by atoms with E-state index in [2.05, 4.69) is 111 Å². The highest BCUT2D eigenvalue weighted by molar-refractivity contribution is 6.12. The van der Waals surface area contributed by atoms with Crippen molar-refractivity contribution in [2.75, 3.05) is 0 Å². The van der Waals surface area contributed by atoms with E-state index in [-0.39, 0.29) is 0 Å². The standard InChI is InChI=1S/C31H26N2/c1-19-16-27-25-12-8-9-13-26(25)31-32-18-29(33(31)28(27)17-20(19)2)30-21(3)14-24(15-22(30)4)23-10-6-5-7-11-23/h5-18H,1-4H3. The molecule has 0 radical (unpaired) electrons. The smallest absolute Gasteiger partial charge is 0.145 e. The second kappa shape index (κ2) is 7.31. The molecule has 0 saturated heterocycles. The van der Waals surface area contributed by atoms with Crippen LogP contribution in [0.25, 0.3) is 49.7 Å². The van der Waals surface area contributed by atoms with Gasteiger partial charge in [-0.2, -0.15) is 0 Å². The maximum Gasteiger partial charge on any atom is 0.145 e. The van der Waals surface area contributed by atoms with Crippen LogP contribution in [0.3, 0.4) is 0 Å². The lowest BCUT2D eigenvalue weighted by atomic mass is 9.94. The fourth-order valence-corrected chi connectivity index (χ4v) is 5.24. The van der Waals surface area contributed by atoms with Gasteiger partial charge >= 0.3 is 0 Å². The van der Waals surface area contributed by atoms with E-state index in [0.717, 1.165) is 11.3 Å². The monoisotopic (exact) mass is 426 g/mol. The molecule has 0 unspecified atom stereocenters. The van der Waals surface area contributed by atoms with E-state index in [0.29, 0.717) is 0 Å². The molecule has 2 heteroatoms. The van der Waals surface area contributed by atoms with E-state index < -0.39 is 0 Å². The second-order valence-electron chi connectivity index (χ2n) is 9.15. The van der Waals surface area contributed by atoms with Gasteiger partial charge in [0.2, 0.25) is 0 Å². The van der Waals surface area contributed by atoms with Crippen molar-refractivity contribution in [3.8, 4) is 22.4 Å². The minimum absolute atomic E-state index is 1.02. The Morgan fingerprint density at radius 3 is 1.94 bits per heavy atom. The summed E-state index contributed by atoms with van der Waals surface area (Å²) in [7, 11) is 0. The Morgan fingerprint density at radius 2 is 1.21 bits per heavy atom. The molecule has 0 N–H and O–H groups in total. The zero-order chi connectivity index (χ0) is 22.7. The highest BCUT2D eigenvalue weighted by Crippen LogP contribution is 2.37. The third kappa shape index (κ3) is 2.98. The predicted octanol–water partition coefficient (Wildman–Crippen LogP) is 8.21. The van der Waals surface area contributed by atoms with Crippen LogP contribution in [0.5, 0.6) is 0 Å². The van der Waals surface area contributed by atoms with Gasteiger partial charge in [-0.15, -0.1) is 0 Å². The second-order valence-corrected chi connectivity index (χ2v) is 9.15. The number of aryl methyl sites for hydroxylation is 4. The first-order valence-electron chi connectivity index (χ1n) is 11.5. The van der Waals surface area contributed by atoms with Crippen molar-refractivity contribution in [1.29, 1.82) is 0 Å². The average Bonchev–Trinajstić information content (AvgIpc) is 3.25. The van der Waals surface area contributed by atoms with E-state index in [9.17, 15) is 0 Å². The molecule has 2 nitrogen and oxygen atoms in total. The van der Waals surface area contributed by atoms with Gasteiger partial charge in [0.25, 0.3) is 0 Å². The highest BCUT2D eigenvalue weighted by atomic mass is 15.0. The van der Waals surface area contributed by atoms with E-state index in [1.54, 1.807) is 0 Å². The van der Waals surface area contributed by atoms with Crippen LogP contribution in [0.15, 0.2) is 85.1 Å². The Labute approximate surface area is 194 Å². The topological polar surface area (TPSA) is 17.3 Å². The lowest BCUT2D eigenvalue weighted by Crippen LogP contribution is -1.98. The van der Waals surface area contributed by atoms with Crippen molar-refractivity contribution in [2.45, 2.75) is 27.7 Å². The summed E-state index contributed by atoms with van der Waals surface area (Å²) in [5.74, 6) is 0. The van der Waals surface area contributed by atoms with E-state index in [1.165, 1.54) is 60.6 Å². The molecule has 2 heterocycles. The van der Waals surface area contributed by atoms with Gasteiger partial charge in [-0.3, -0.25) is 4.40 Å². The predicted molar refractivity (Wildman–Crippen MR) is 140 cm³/mol. The molecule has 0 aliphatic carbocycles. The molecule has 0 fully saturated rings. The Kier molecular flexibility index (Phi) is 4.38. The van der Waals surface area contributed by atoms with Gasteiger partial charge in [0, 0.05) is 16.3 Å². The number of rotatable bonds is 2. The normalized spacial score (nSPS) is 11.6. The number of aromatic nitrogens is 2. The molecule has 6 aromatic rings. The highest BCUT2D eigenvalue weighted by Gasteiger charge is 2.18. The molecule has 0 spiro atoms. The van der Waals surface area contributed by atoms with Gasteiger partial charge in [0.15, 0.2) is 0 Å². The van der Waals surface area contributed by atoms with Crippen LogP contribution in [0.2, 0.25) is 0 Å². The quantitative estimate of drug-likeness (QED) is 0.255. The molecule has 0 amide bonds. The fourth-order valence-electron chi connectivity index (χ4n) is 5.24. The number of hydrogen-bond acceptors (Lipinski definition) is 1. The average molecular weight is 427 g/mol. The van der Waals surface area contributed by atoms with Crippen molar-refractivity contribution in [2.24, 2.45) is 0 Å². The van der Waals surface area contributed by atoms with E-state index in [4.69, 9.17) is 4.98 Å². The summed E-state index contributed by atoms with van der Waals surface area (Å²) in [5, 5.41) is 3.72. The maximum atomic E-state index is 4.95. The van der Waals surface area contributed by atoms with E-state index >= 15 is 0 Å². The van der Waals surface area contributed by atoms with Crippen LogP contribution in [-0.2, 0) is 0 Å². The number of nitrogens with zero attached hydrogens (tertiary/aromatic N) is 2. The Morgan fingerprint density at radius 1 is 0.576 bits per heavy atom. The zero-order valence-corrected chi connectivity index (χ0v) is 19.5. The molecule has 0 atom stereocenters. The lowest BCUT2D eigenvalue weighted by Gasteiger charge is -2.16. The summed E-state index contributed by atoms with van der Waals surface area (Å²) in [6.07, 6.45) is 2.05. The molecule has 2 aromatic heterocycles.